The number of aryl methyl sites for hydroxylation is 2. The summed E-state index contributed by atoms with van der Waals surface area (Å²) in [7, 11) is 0. The molecule has 0 heterocycles. The SMILES string of the molecule is Cc1ccc(C)c(OC2CCCC2CN)c1C. The number of hydrogen-bond donors (Lipinski definition) is 1. The first-order valence-electron chi connectivity index (χ1n) is 6.57. The van der Waals surface area contributed by atoms with E-state index in [4.69, 9.17) is 10.5 Å². The molecule has 17 heavy (non-hydrogen) atoms. The largest absolute Gasteiger partial charge is 0.490 e. The van der Waals surface area contributed by atoms with Gasteiger partial charge in [0.15, 0.2) is 0 Å². The Morgan fingerprint density at radius 3 is 2.59 bits per heavy atom. The molecule has 0 amide bonds. The second kappa shape index (κ2) is 5.09. The van der Waals surface area contributed by atoms with Crippen LogP contribution < -0.4 is 10.5 Å². The predicted molar refractivity (Wildman–Crippen MR) is 71.5 cm³/mol. The Kier molecular flexibility index (Phi) is 3.72. The van der Waals surface area contributed by atoms with Gasteiger partial charge < -0.3 is 10.5 Å². The van der Waals surface area contributed by atoms with Crippen LogP contribution in [0.25, 0.3) is 0 Å². The van der Waals surface area contributed by atoms with Crippen molar-refractivity contribution in [3.05, 3.63) is 28.8 Å². The number of hydrogen-bond acceptors (Lipinski definition) is 2. The third-order valence-corrected chi connectivity index (χ3v) is 4.03. The van der Waals surface area contributed by atoms with Gasteiger partial charge in [-0.05, 0) is 63.3 Å². The molecule has 2 nitrogen and oxygen atoms in total. The molecule has 1 fully saturated rings. The first kappa shape index (κ1) is 12.4. The summed E-state index contributed by atoms with van der Waals surface area (Å²) in [6.45, 7) is 7.14. The molecule has 1 aromatic carbocycles. The van der Waals surface area contributed by atoms with Crippen molar-refractivity contribution in [1.29, 1.82) is 0 Å². The standard InChI is InChI=1S/C15H23NO/c1-10-7-8-11(2)15(12(10)3)17-14-6-4-5-13(14)9-16/h7-8,13-14H,4-6,9,16H2,1-3H3. The summed E-state index contributed by atoms with van der Waals surface area (Å²) in [4.78, 5) is 0. The molecule has 0 spiro atoms. The van der Waals surface area contributed by atoms with Gasteiger partial charge in [0.25, 0.3) is 0 Å². The molecule has 2 atom stereocenters. The van der Waals surface area contributed by atoms with E-state index in [9.17, 15) is 0 Å². The molecule has 2 N–H and O–H groups in total. The topological polar surface area (TPSA) is 35.2 Å². The van der Waals surface area contributed by atoms with E-state index in [1.807, 2.05) is 0 Å². The van der Waals surface area contributed by atoms with E-state index in [2.05, 4.69) is 32.9 Å². The Labute approximate surface area is 104 Å². The maximum Gasteiger partial charge on any atom is 0.125 e. The van der Waals surface area contributed by atoms with Gasteiger partial charge in [-0.2, -0.15) is 0 Å². The molecule has 1 saturated carbocycles. The summed E-state index contributed by atoms with van der Waals surface area (Å²) >= 11 is 0. The lowest BCUT2D eigenvalue weighted by atomic mass is 10.0. The Morgan fingerprint density at radius 1 is 1.18 bits per heavy atom. The van der Waals surface area contributed by atoms with E-state index in [-0.39, 0.29) is 0 Å². The molecule has 94 valence electrons. The van der Waals surface area contributed by atoms with Gasteiger partial charge in [-0.3, -0.25) is 0 Å². The molecule has 1 aliphatic carbocycles. The van der Waals surface area contributed by atoms with Crippen molar-refractivity contribution in [2.45, 2.75) is 46.1 Å². The Morgan fingerprint density at radius 2 is 1.88 bits per heavy atom. The normalized spacial score (nSPS) is 24.0. The lowest BCUT2D eigenvalue weighted by Crippen LogP contribution is -2.28. The fourth-order valence-electron chi connectivity index (χ4n) is 2.69. The van der Waals surface area contributed by atoms with E-state index < -0.39 is 0 Å². The van der Waals surface area contributed by atoms with Gasteiger partial charge in [-0.1, -0.05) is 12.1 Å². The van der Waals surface area contributed by atoms with Crippen LogP contribution in [0.4, 0.5) is 0 Å². The quantitative estimate of drug-likeness (QED) is 0.870. The smallest absolute Gasteiger partial charge is 0.125 e. The van der Waals surface area contributed by atoms with Crippen LogP contribution in [0, 0.1) is 26.7 Å². The lowest BCUT2D eigenvalue weighted by Gasteiger charge is -2.23. The summed E-state index contributed by atoms with van der Waals surface area (Å²) in [5, 5.41) is 0. The number of rotatable bonds is 3. The summed E-state index contributed by atoms with van der Waals surface area (Å²) < 4.78 is 6.24. The second-order valence-electron chi connectivity index (χ2n) is 5.24. The van der Waals surface area contributed by atoms with Crippen molar-refractivity contribution >= 4 is 0 Å². The Balaban J connectivity index is 2.21. The lowest BCUT2D eigenvalue weighted by molar-refractivity contribution is 0.160. The van der Waals surface area contributed by atoms with Gasteiger partial charge in [-0.25, -0.2) is 0 Å². The summed E-state index contributed by atoms with van der Waals surface area (Å²) in [6.07, 6.45) is 3.93. The molecule has 1 aromatic rings. The van der Waals surface area contributed by atoms with Crippen LogP contribution in [0.15, 0.2) is 12.1 Å². The van der Waals surface area contributed by atoms with Gasteiger partial charge in [-0.15, -0.1) is 0 Å². The fraction of sp³-hybridized carbons (Fsp3) is 0.600. The van der Waals surface area contributed by atoms with Gasteiger partial charge in [0.2, 0.25) is 0 Å². The van der Waals surface area contributed by atoms with Gasteiger partial charge >= 0.3 is 0 Å². The molecule has 0 saturated heterocycles. The van der Waals surface area contributed by atoms with Gasteiger partial charge in [0.05, 0.1) is 0 Å². The Bertz CT molecular complexity index is 400. The third-order valence-electron chi connectivity index (χ3n) is 4.03. The summed E-state index contributed by atoms with van der Waals surface area (Å²) in [5.74, 6) is 1.62. The average molecular weight is 233 g/mol. The molecular weight excluding hydrogens is 210 g/mol. The van der Waals surface area contributed by atoms with E-state index in [1.54, 1.807) is 0 Å². The van der Waals surface area contributed by atoms with Crippen molar-refractivity contribution in [1.82, 2.24) is 0 Å². The highest BCUT2D eigenvalue weighted by atomic mass is 16.5. The zero-order chi connectivity index (χ0) is 12.4. The van der Waals surface area contributed by atoms with E-state index in [1.165, 1.54) is 29.5 Å². The van der Waals surface area contributed by atoms with Gasteiger partial charge in [0, 0.05) is 5.92 Å². The minimum Gasteiger partial charge on any atom is -0.490 e. The minimum absolute atomic E-state index is 0.319. The number of ether oxygens (including phenoxy) is 1. The van der Waals surface area contributed by atoms with E-state index >= 15 is 0 Å². The highest BCUT2D eigenvalue weighted by Crippen LogP contribution is 2.33. The van der Waals surface area contributed by atoms with Gasteiger partial charge in [0.1, 0.15) is 11.9 Å². The highest BCUT2D eigenvalue weighted by Gasteiger charge is 2.28. The zero-order valence-corrected chi connectivity index (χ0v) is 11.1. The summed E-state index contributed by atoms with van der Waals surface area (Å²) in [6, 6.07) is 4.30. The van der Waals surface area contributed by atoms with Crippen LogP contribution in [0.1, 0.15) is 36.0 Å². The fourth-order valence-corrected chi connectivity index (χ4v) is 2.69. The predicted octanol–water partition coefficient (Wildman–Crippen LogP) is 3.12. The Hall–Kier alpha value is -1.02. The molecule has 2 unspecified atom stereocenters. The van der Waals surface area contributed by atoms with Crippen LogP contribution in [0.3, 0.4) is 0 Å². The van der Waals surface area contributed by atoms with Crippen molar-refractivity contribution in [2.75, 3.05) is 6.54 Å². The number of benzene rings is 1. The highest BCUT2D eigenvalue weighted by molar-refractivity contribution is 5.44. The van der Waals surface area contributed by atoms with Crippen molar-refractivity contribution in [2.24, 2.45) is 11.7 Å². The molecular formula is C15H23NO. The maximum atomic E-state index is 6.24. The molecule has 0 aromatic heterocycles. The molecule has 0 bridgehead atoms. The molecule has 1 aliphatic rings. The first-order chi connectivity index (χ1) is 8.13. The van der Waals surface area contributed by atoms with Crippen LogP contribution in [0.5, 0.6) is 5.75 Å². The van der Waals surface area contributed by atoms with E-state index in [0.29, 0.717) is 12.0 Å². The van der Waals surface area contributed by atoms with Crippen molar-refractivity contribution < 1.29 is 4.74 Å². The average Bonchev–Trinajstić information content (AvgIpc) is 2.77. The van der Waals surface area contributed by atoms with Crippen molar-refractivity contribution in [3.63, 3.8) is 0 Å². The van der Waals surface area contributed by atoms with Crippen LogP contribution in [-0.2, 0) is 0 Å². The van der Waals surface area contributed by atoms with Crippen LogP contribution in [0.2, 0.25) is 0 Å². The molecule has 0 aliphatic heterocycles. The maximum absolute atomic E-state index is 6.24. The molecule has 2 rings (SSSR count). The number of nitrogens with two attached hydrogens (primary N) is 1. The monoisotopic (exact) mass is 233 g/mol. The molecule has 0 radical (unpaired) electrons. The second-order valence-corrected chi connectivity index (χ2v) is 5.24. The zero-order valence-electron chi connectivity index (χ0n) is 11.1. The van der Waals surface area contributed by atoms with Crippen LogP contribution in [-0.4, -0.2) is 12.6 Å². The van der Waals surface area contributed by atoms with Crippen LogP contribution >= 0.6 is 0 Å². The molecule has 2 heteroatoms. The minimum atomic E-state index is 0.319. The third kappa shape index (κ3) is 2.47. The first-order valence-corrected chi connectivity index (χ1v) is 6.57. The summed E-state index contributed by atoms with van der Waals surface area (Å²) in [5.41, 5.74) is 9.61. The van der Waals surface area contributed by atoms with E-state index in [0.717, 1.165) is 18.7 Å². The van der Waals surface area contributed by atoms with Crippen molar-refractivity contribution in [3.8, 4) is 5.75 Å².